The zero-order chi connectivity index (χ0) is 8.65. The van der Waals surface area contributed by atoms with Gasteiger partial charge in [0.25, 0.3) is 0 Å². The van der Waals surface area contributed by atoms with E-state index in [0.29, 0.717) is 0 Å². The van der Waals surface area contributed by atoms with Crippen LogP contribution in [0.4, 0.5) is 0 Å². The first kappa shape index (κ1) is 9.75. The second kappa shape index (κ2) is 6.21. The van der Waals surface area contributed by atoms with Crippen molar-refractivity contribution in [2.75, 3.05) is 13.6 Å². The van der Waals surface area contributed by atoms with Gasteiger partial charge in [0.05, 0.1) is 0 Å². The zero-order valence-electron chi connectivity index (χ0n) is 7.68. The smallest absolute Gasteiger partial charge is 0.00452 e. The molecule has 0 aliphatic rings. The van der Waals surface area contributed by atoms with E-state index in [2.05, 4.69) is 22.8 Å². The van der Waals surface area contributed by atoms with Crippen LogP contribution in [0.3, 0.4) is 0 Å². The molecule has 0 amide bonds. The molecule has 2 heteroatoms. The highest BCUT2D eigenvalue weighted by molar-refractivity contribution is 7.09. The number of thiophene rings is 1. The van der Waals surface area contributed by atoms with Gasteiger partial charge < -0.3 is 5.32 Å². The Balaban J connectivity index is 1.96. The summed E-state index contributed by atoms with van der Waals surface area (Å²) < 4.78 is 0. The van der Waals surface area contributed by atoms with Crippen molar-refractivity contribution in [3.8, 4) is 0 Å². The Kier molecular flexibility index (Phi) is 5.04. The van der Waals surface area contributed by atoms with Crippen LogP contribution >= 0.6 is 11.3 Å². The van der Waals surface area contributed by atoms with Crippen molar-refractivity contribution < 1.29 is 0 Å². The topological polar surface area (TPSA) is 12.0 Å². The van der Waals surface area contributed by atoms with E-state index in [-0.39, 0.29) is 0 Å². The number of nitrogens with one attached hydrogen (secondary N) is 1. The molecule has 0 atom stereocenters. The third-order valence-electron chi connectivity index (χ3n) is 1.93. The average Bonchev–Trinajstić information content (AvgIpc) is 2.57. The van der Waals surface area contributed by atoms with E-state index in [4.69, 9.17) is 0 Å². The van der Waals surface area contributed by atoms with E-state index < -0.39 is 0 Å². The number of unbranched alkanes of at least 4 members (excludes halogenated alkanes) is 2. The molecule has 1 aromatic rings. The molecule has 0 unspecified atom stereocenters. The summed E-state index contributed by atoms with van der Waals surface area (Å²) in [7, 11) is 2.01. The molecule has 0 aliphatic heterocycles. The molecule has 1 nitrogen and oxygen atoms in total. The van der Waals surface area contributed by atoms with Gasteiger partial charge in [-0.25, -0.2) is 0 Å². The molecule has 0 saturated carbocycles. The largest absolute Gasteiger partial charge is 0.320 e. The molecule has 1 aromatic heterocycles. The lowest BCUT2D eigenvalue weighted by atomic mass is 10.2. The molecule has 1 rings (SSSR count). The molecule has 68 valence electrons. The van der Waals surface area contributed by atoms with Gasteiger partial charge in [0.15, 0.2) is 0 Å². The van der Waals surface area contributed by atoms with E-state index in [1.165, 1.54) is 30.6 Å². The second-order valence-corrected chi connectivity index (χ2v) is 4.03. The van der Waals surface area contributed by atoms with Gasteiger partial charge in [-0.3, -0.25) is 0 Å². The van der Waals surface area contributed by atoms with E-state index in [1.54, 1.807) is 0 Å². The summed E-state index contributed by atoms with van der Waals surface area (Å²) in [6.07, 6.45) is 5.25. The van der Waals surface area contributed by atoms with Crippen LogP contribution in [0.5, 0.6) is 0 Å². The van der Waals surface area contributed by atoms with Crippen LogP contribution < -0.4 is 5.32 Å². The highest BCUT2D eigenvalue weighted by Crippen LogP contribution is 2.12. The van der Waals surface area contributed by atoms with Gasteiger partial charge in [0.2, 0.25) is 0 Å². The van der Waals surface area contributed by atoms with Gasteiger partial charge in [-0.1, -0.05) is 12.5 Å². The Labute approximate surface area is 78.8 Å². The van der Waals surface area contributed by atoms with Crippen LogP contribution in [-0.4, -0.2) is 13.6 Å². The van der Waals surface area contributed by atoms with Crippen LogP contribution in [0.25, 0.3) is 0 Å². The minimum Gasteiger partial charge on any atom is -0.320 e. The van der Waals surface area contributed by atoms with Crippen molar-refractivity contribution in [3.05, 3.63) is 22.4 Å². The number of rotatable bonds is 6. The molecular weight excluding hydrogens is 166 g/mol. The molecule has 0 aliphatic carbocycles. The molecule has 0 saturated heterocycles. The monoisotopic (exact) mass is 183 g/mol. The maximum atomic E-state index is 3.16. The maximum absolute atomic E-state index is 3.16. The first-order chi connectivity index (χ1) is 5.93. The van der Waals surface area contributed by atoms with Crippen molar-refractivity contribution in [2.24, 2.45) is 0 Å². The fraction of sp³-hybridized carbons (Fsp3) is 0.600. The minimum absolute atomic E-state index is 1.16. The predicted molar refractivity (Wildman–Crippen MR) is 55.8 cm³/mol. The Hall–Kier alpha value is -0.340. The SMILES string of the molecule is CNCCCCCc1cccs1. The Bertz CT molecular complexity index is 182. The molecule has 0 spiro atoms. The number of aryl methyl sites for hydroxylation is 1. The van der Waals surface area contributed by atoms with Crippen molar-refractivity contribution in [1.82, 2.24) is 5.32 Å². The lowest BCUT2D eigenvalue weighted by Crippen LogP contribution is -2.06. The first-order valence-corrected chi connectivity index (χ1v) is 5.48. The molecule has 1 N–H and O–H groups in total. The Morgan fingerprint density at radius 3 is 2.92 bits per heavy atom. The number of hydrogen-bond acceptors (Lipinski definition) is 2. The van der Waals surface area contributed by atoms with Crippen molar-refractivity contribution in [2.45, 2.75) is 25.7 Å². The second-order valence-electron chi connectivity index (χ2n) is 2.99. The summed E-state index contributed by atoms with van der Waals surface area (Å²) in [5, 5.41) is 5.32. The summed E-state index contributed by atoms with van der Waals surface area (Å²) in [5.74, 6) is 0. The van der Waals surface area contributed by atoms with Gasteiger partial charge in [-0.05, 0) is 44.3 Å². The molecule has 0 bridgehead atoms. The van der Waals surface area contributed by atoms with E-state index in [1.807, 2.05) is 18.4 Å². The summed E-state index contributed by atoms with van der Waals surface area (Å²) in [5.41, 5.74) is 0. The van der Waals surface area contributed by atoms with Crippen molar-refractivity contribution in [3.63, 3.8) is 0 Å². The van der Waals surface area contributed by atoms with Crippen LogP contribution in [-0.2, 0) is 6.42 Å². The van der Waals surface area contributed by atoms with Gasteiger partial charge >= 0.3 is 0 Å². The standard InChI is InChI=1S/C10H17NS/c1-11-8-4-2-3-6-10-7-5-9-12-10/h5,7,9,11H,2-4,6,8H2,1H3. The van der Waals surface area contributed by atoms with Crippen molar-refractivity contribution >= 4 is 11.3 Å². The lowest BCUT2D eigenvalue weighted by Gasteiger charge is -1.98. The molecular formula is C10H17NS. The van der Waals surface area contributed by atoms with Crippen LogP contribution in [0.2, 0.25) is 0 Å². The summed E-state index contributed by atoms with van der Waals surface area (Å²) in [6.45, 7) is 1.16. The third kappa shape index (κ3) is 3.88. The van der Waals surface area contributed by atoms with Crippen LogP contribution in [0, 0.1) is 0 Å². The zero-order valence-corrected chi connectivity index (χ0v) is 8.49. The maximum Gasteiger partial charge on any atom is 0.00452 e. The van der Waals surface area contributed by atoms with Crippen molar-refractivity contribution in [1.29, 1.82) is 0 Å². The summed E-state index contributed by atoms with van der Waals surface area (Å²) >= 11 is 1.87. The summed E-state index contributed by atoms with van der Waals surface area (Å²) in [4.78, 5) is 1.53. The number of hydrogen-bond donors (Lipinski definition) is 1. The van der Waals surface area contributed by atoms with E-state index >= 15 is 0 Å². The Morgan fingerprint density at radius 1 is 1.33 bits per heavy atom. The minimum atomic E-state index is 1.16. The fourth-order valence-corrected chi connectivity index (χ4v) is 1.98. The van der Waals surface area contributed by atoms with E-state index in [9.17, 15) is 0 Å². The molecule has 0 radical (unpaired) electrons. The quantitative estimate of drug-likeness (QED) is 0.669. The van der Waals surface area contributed by atoms with Gasteiger partial charge in [-0.2, -0.15) is 0 Å². The first-order valence-electron chi connectivity index (χ1n) is 4.60. The lowest BCUT2D eigenvalue weighted by molar-refractivity contribution is 0.645. The van der Waals surface area contributed by atoms with E-state index in [0.717, 1.165) is 6.54 Å². The Morgan fingerprint density at radius 2 is 2.25 bits per heavy atom. The molecule has 0 aromatic carbocycles. The summed E-state index contributed by atoms with van der Waals surface area (Å²) in [6, 6.07) is 4.36. The van der Waals surface area contributed by atoms with Gasteiger partial charge in [0, 0.05) is 4.88 Å². The highest BCUT2D eigenvalue weighted by atomic mass is 32.1. The van der Waals surface area contributed by atoms with Gasteiger partial charge in [-0.15, -0.1) is 11.3 Å². The average molecular weight is 183 g/mol. The van der Waals surface area contributed by atoms with Crippen LogP contribution in [0.1, 0.15) is 24.1 Å². The molecule has 0 fully saturated rings. The fourth-order valence-electron chi connectivity index (χ4n) is 1.23. The predicted octanol–water partition coefficient (Wildman–Crippen LogP) is 2.68. The van der Waals surface area contributed by atoms with Crippen LogP contribution in [0.15, 0.2) is 17.5 Å². The highest BCUT2D eigenvalue weighted by Gasteiger charge is 1.92. The van der Waals surface area contributed by atoms with Gasteiger partial charge in [0.1, 0.15) is 0 Å². The normalized spacial score (nSPS) is 10.4. The molecule has 1 heterocycles. The third-order valence-corrected chi connectivity index (χ3v) is 2.87. The molecule has 12 heavy (non-hydrogen) atoms.